The summed E-state index contributed by atoms with van der Waals surface area (Å²) in [5.41, 5.74) is 7.30. The second kappa shape index (κ2) is 11.0. The molecule has 6 heteroatoms. The third-order valence-electron chi connectivity index (χ3n) is 8.03. The van der Waals surface area contributed by atoms with Crippen molar-refractivity contribution in [3.63, 3.8) is 0 Å². The molecular formula is C32H37N3O3. The molecule has 0 spiro atoms. The van der Waals surface area contributed by atoms with Gasteiger partial charge in [-0.25, -0.2) is 0 Å². The first-order valence-corrected chi connectivity index (χ1v) is 13.5. The lowest BCUT2D eigenvalue weighted by molar-refractivity contribution is -0.131. The molecule has 1 heterocycles. The number of aliphatic hydroxyl groups is 1. The second-order valence-corrected chi connectivity index (χ2v) is 10.6. The number of hydrogen-bond donors (Lipinski definition) is 2. The van der Waals surface area contributed by atoms with Gasteiger partial charge in [0.1, 0.15) is 11.5 Å². The third-order valence-corrected chi connectivity index (χ3v) is 8.03. The molecular weight excluding hydrogens is 474 g/mol. The minimum Gasteiger partial charge on any atom is -0.507 e. The van der Waals surface area contributed by atoms with Crippen LogP contribution in [0.25, 0.3) is 16.9 Å². The van der Waals surface area contributed by atoms with Gasteiger partial charge in [0, 0.05) is 47.6 Å². The molecule has 1 saturated carbocycles. The van der Waals surface area contributed by atoms with E-state index in [0.29, 0.717) is 24.6 Å². The minimum atomic E-state index is -0.0883. The topological polar surface area (TPSA) is 74.7 Å². The highest BCUT2D eigenvalue weighted by molar-refractivity contribution is 6.02. The second-order valence-electron chi connectivity index (χ2n) is 10.6. The fourth-order valence-corrected chi connectivity index (χ4v) is 6.00. The lowest BCUT2D eigenvalue weighted by Crippen LogP contribution is -2.45. The molecule has 6 nitrogen and oxygen atoms in total. The fraction of sp³-hybridized carbons (Fsp3) is 0.375. The van der Waals surface area contributed by atoms with Gasteiger partial charge in [0.15, 0.2) is 0 Å². The van der Waals surface area contributed by atoms with E-state index in [1.54, 1.807) is 7.11 Å². The van der Waals surface area contributed by atoms with E-state index in [1.165, 1.54) is 0 Å². The molecule has 0 aliphatic heterocycles. The van der Waals surface area contributed by atoms with Gasteiger partial charge in [-0.05, 0) is 87.5 Å². The number of rotatable bonds is 7. The summed E-state index contributed by atoms with van der Waals surface area (Å²) in [6.07, 6.45) is 4.33. The zero-order valence-electron chi connectivity index (χ0n) is 22.8. The number of amides is 1. The van der Waals surface area contributed by atoms with E-state index < -0.39 is 0 Å². The zero-order chi connectivity index (χ0) is 26.8. The highest BCUT2D eigenvalue weighted by Gasteiger charge is 2.34. The van der Waals surface area contributed by atoms with Crippen molar-refractivity contribution < 1.29 is 14.6 Å². The first-order valence-electron chi connectivity index (χ1n) is 13.5. The highest BCUT2D eigenvalue weighted by Crippen LogP contribution is 2.36. The van der Waals surface area contributed by atoms with Crippen molar-refractivity contribution >= 4 is 11.7 Å². The average Bonchev–Trinajstić information content (AvgIpc) is 3.27. The van der Waals surface area contributed by atoms with Crippen molar-refractivity contribution in [3.8, 4) is 16.9 Å². The van der Waals surface area contributed by atoms with Gasteiger partial charge in [-0.15, -0.1) is 0 Å². The van der Waals surface area contributed by atoms with Crippen LogP contribution in [0, 0.1) is 13.8 Å². The molecule has 0 unspecified atom stereocenters. The molecule has 2 N–H and O–H groups in total. The number of hydrogen-bond acceptors (Lipinski definition) is 5. The minimum absolute atomic E-state index is 0.0883. The number of carbonyl (C=O) groups is 1. The van der Waals surface area contributed by atoms with E-state index in [-0.39, 0.29) is 17.7 Å². The summed E-state index contributed by atoms with van der Waals surface area (Å²) < 4.78 is 5.76. The molecule has 2 aliphatic rings. The van der Waals surface area contributed by atoms with E-state index in [0.717, 1.165) is 70.6 Å². The average molecular weight is 512 g/mol. The van der Waals surface area contributed by atoms with E-state index >= 15 is 0 Å². The van der Waals surface area contributed by atoms with Crippen molar-refractivity contribution in [1.82, 2.24) is 15.2 Å². The number of aryl methyl sites for hydroxylation is 2. The summed E-state index contributed by atoms with van der Waals surface area (Å²) in [6, 6.07) is 18.6. The summed E-state index contributed by atoms with van der Waals surface area (Å²) in [5, 5.41) is 14.4. The maximum Gasteiger partial charge on any atom is 0.254 e. The number of nitrogens with zero attached hydrogens (tertiary/aromatic N) is 2. The first-order chi connectivity index (χ1) is 18.4. The first kappa shape index (κ1) is 26.0. The van der Waals surface area contributed by atoms with Crippen molar-refractivity contribution in [2.75, 3.05) is 14.2 Å². The lowest BCUT2D eigenvalue weighted by atomic mass is 9.89. The number of aromatic nitrogens is 1. The molecule has 0 atom stereocenters. The maximum absolute atomic E-state index is 14.2. The van der Waals surface area contributed by atoms with Gasteiger partial charge in [-0.3, -0.25) is 9.78 Å². The van der Waals surface area contributed by atoms with Crippen LogP contribution in [-0.4, -0.2) is 47.1 Å². The van der Waals surface area contributed by atoms with Gasteiger partial charge in [-0.2, -0.15) is 0 Å². The largest absolute Gasteiger partial charge is 0.507 e. The quantitative estimate of drug-likeness (QED) is 0.422. The number of fused-ring (bicyclic) bond motifs is 1. The van der Waals surface area contributed by atoms with Crippen LogP contribution >= 0.6 is 0 Å². The Morgan fingerprint density at radius 2 is 1.74 bits per heavy atom. The van der Waals surface area contributed by atoms with E-state index in [2.05, 4.69) is 34.6 Å². The van der Waals surface area contributed by atoms with Crippen LogP contribution in [0.5, 0.6) is 5.75 Å². The van der Waals surface area contributed by atoms with Crippen LogP contribution in [0.1, 0.15) is 53.8 Å². The number of nitrogens with one attached hydrogen (secondary N) is 1. The molecule has 0 bridgehead atoms. The Kier molecular flexibility index (Phi) is 7.52. The predicted molar refractivity (Wildman–Crippen MR) is 151 cm³/mol. The van der Waals surface area contributed by atoms with Crippen LogP contribution in [0.15, 0.2) is 60.2 Å². The lowest BCUT2D eigenvalue weighted by Gasteiger charge is -2.37. The summed E-state index contributed by atoms with van der Waals surface area (Å²) in [4.78, 5) is 20.7. The molecule has 2 aromatic carbocycles. The Balaban J connectivity index is 1.51. The number of methoxy groups -OCH3 is 1. The van der Waals surface area contributed by atoms with Gasteiger partial charge < -0.3 is 20.1 Å². The summed E-state index contributed by atoms with van der Waals surface area (Å²) >= 11 is 0. The van der Waals surface area contributed by atoms with Crippen LogP contribution in [0.4, 0.5) is 0 Å². The standard InChI is InChI=1S/C32H37N3O3/c1-20-15-24(16-21(2)34-20)22-9-14-30(38-4)25(17-22)19-35(27-12-10-26(33-3)11-13-27)32(37)29-18-23-7-5-6-8-28(23)31(29)36/h5-9,14-17,26-27,33,36H,10-13,18-19H2,1-4H3. The zero-order valence-corrected chi connectivity index (χ0v) is 22.8. The summed E-state index contributed by atoms with van der Waals surface area (Å²) in [7, 11) is 3.68. The normalized spacial score (nSPS) is 18.8. The van der Waals surface area contributed by atoms with Crippen molar-refractivity contribution in [3.05, 3.63) is 88.2 Å². The molecule has 0 radical (unpaired) electrons. The molecule has 5 rings (SSSR count). The molecule has 3 aromatic rings. The maximum atomic E-state index is 14.2. The van der Waals surface area contributed by atoms with Gasteiger partial charge >= 0.3 is 0 Å². The van der Waals surface area contributed by atoms with E-state index in [1.807, 2.05) is 56.1 Å². The van der Waals surface area contributed by atoms with E-state index in [4.69, 9.17) is 4.74 Å². The van der Waals surface area contributed by atoms with Crippen LogP contribution < -0.4 is 10.1 Å². The summed E-state index contributed by atoms with van der Waals surface area (Å²) in [5.74, 6) is 0.781. The highest BCUT2D eigenvalue weighted by atomic mass is 16.5. The number of aliphatic hydroxyl groups excluding tert-OH is 1. The molecule has 38 heavy (non-hydrogen) atoms. The molecule has 1 amide bonds. The van der Waals surface area contributed by atoms with E-state index in [9.17, 15) is 9.90 Å². The van der Waals surface area contributed by atoms with Crippen LogP contribution in [0.3, 0.4) is 0 Å². The number of carbonyl (C=O) groups excluding carboxylic acids is 1. The number of benzene rings is 2. The van der Waals surface area contributed by atoms with Gasteiger partial charge in [0.2, 0.25) is 0 Å². The molecule has 1 fully saturated rings. The molecule has 198 valence electrons. The van der Waals surface area contributed by atoms with Crippen LogP contribution in [-0.2, 0) is 17.8 Å². The van der Waals surface area contributed by atoms with Gasteiger partial charge in [0.25, 0.3) is 5.91 Å². The Morgan fingerprint density at radius 1 is 1.03 bits per heavy atom. The Labute approximate surface area is 225 Å². The predicted octanol–water partition coefficient (Wildman–Crippen LogP) is 5.76. The van der Waals surface area contributed by atoms with Crippen molar-refractivity contribution in [2.45, 2.75) is 64.6 Å². The summed E-state index contributed by atoms with van der Waals surface area (Å²) in [6.45, 7) is 4.42. The number of ether oxygens (including phenoxy) is 1. The third kappa shape index (κ3) is 5.18. The molecule has 1 aromatic heterocycles. The smallest absolute Gasteiger partial charge is 0.254 e. The van der Waals surface area contributed by atoms with Gasteiger partial charge in [0.05, 0.1) is 12.7 Å². The molecule has 2 aliphatic carbocycles. The fourth-order valence-electron chi connectivity index (χ4n) is 6.00. The Hall–Kier alpha value is -3.64. The number of pyridine rings is 1. The van der Waals surface area contributed by atoms with Crippen molar-refractivity contribution in [1.29, 1.82) is 0 Å². The SMILES string of the molecule is CNC1CCC(N(Cc2cc(-c3cc(C)nc(C)c3)ccc2OC)C(=O)C2=C(O)c3ccccc3C2)CC1. The molecule has 0 saturated heterocycles. The Bertz CT molecular complexity index is 1350. The van der Waals surface area contributed by atoms with Crippen molar-refractivity contribution in [2.24, 2.45) is 0 Å². The van der Waals surface area contributed by atoms with Crippen LogP contribution in [0.2, 0.25) is 0 Å². The van der Waals surface area contributed by atoms with Gasteiger partial charge in [-0.1, -0.05) is 30.3 Å². The Morgan fingerprint density at radius 3 is 2.39 bits per heavy atom. The monoisotopic (exact) mass is 511 g/mol.